The lowest BCUT2D eigenvalue weighted by molar-refractivity contribution is -0.147. The molecule has 1 aliphatic rings. The highest BCUT2D eigenvalue weighted by Crippen LogP contribution is 2.50. The molecule has 98 valence electrons. The maximum Gasteiger partial charge on any atom is 0.314 e. The summed E-state index contributed by atoms with van der Waals surface area (Å²) in [5, 5.41) is 9.46. The monoisotopic (exact) mass is 314 g/mol. The summed E-state index contributed by atoms with van der Waals surface area (Å²) in [6.07, 6.45) is 2.26. The van der Waals surface area contributed by atoms with E-state index in [0.717, 1.165) is 12.0 Å². The normalized spacial score (nSPS) is 16.8. The molecule has 5 heteroatoms. The number of ether oxygens (including phenoxy) is 2. The third-order valence-corrected chi connectivity index (χ3v) is 4.40. The van der Waals surface area contributed by atoms with E-state index in [1.807, 2.05) is 0 Å². The largest absolute Gasteiger partial charge is 0.493 e. The van der Waals surface area contributed by atoms with E-state index < -0.39 is 11.4 Å². The summed E-state index contributed by atoms with van der Waals surface area (Å²) >= 11 is 3.44. The zero-order chi connectivity index (χ0) is 13.3. The van der Waals surface area contributed by atoms with Crippen molar-refractivity contribution in [3.05, 3.63) is 22.2 Å². The minimum absolute atomic E-state index is 0.544. The topological polar surface area (TPSA) is 55.8 Å². The van der Waals surface area contributed by atoms with Gasteiger partial charge in [0.15, 0.2) is 11.5 Å². The van der Waals surface area contributed by atoms with Crippen LogP contribution in [0.15, 0.2) is 16.6 Å². The SMILES string of the molecule is COc1ccc(C2(C(=O)O)CCC2)c(Br)c1OC. The van der Waals surface area contributed by atoms with Crippen molar-refractivity contribution in [1.82, 2.24) is 0 Å². The molecule has 0 aliphatic heterocycles. The molecule has 18 heavy (non-hydrogen) atoms. The fraction of sp³-hybridized carbons (Fsp3) is 0.462. The molecule has 4 nitrogen and oxygen atoms in total. The molecule has 0 spiro atoms. The first kappa shape index (κ1) is 13.2. The Morgan fingerprint density at radius 2 is 2.00 bits per heavy atom. The Morgan fingerprint density at radius 1 is 1.33 bits per heavy atom. The van der Waals surface area contributed by atoms with E-state index >= 15 is 0 Å². The second-order valence-corrected chi connectivity index (χ2v) is 5.20. The second-order valence-electron chi connectivity index (χ2n) is 4.40. The summed E-state index contributed by atoms with van der Waals surface area (Å²) in [6.45, 7) is 0. The van der Waals surface area contributed by atoms with Gasteiger partial charge < -0.3 is 14.6 Å². The average molecular weight is 315 g/mol. The predicted molar refractivity (Wildman–Crippen MR) is 70.4 cm³/mol. The maximum atomic E-state index is 11.5. The number of hydrogen-bond acceptors (Lipinski definition) is 3. The van der Waals surface area contributed by atoms with Crippen molar-refractivity contribution in [2.45, 2.75) is 24.7 Å². The van der Waals surface area contributed by atoms with Gasteiger partial charge in [-0.3, -0.25) is 4.79 Å². The lowest BCUT2D eigenvalue weighted by atomic mass is 9.64. The molecule has 1 fully saturated rings. The summed E-state index contributed by atoms with van der Waals surface area (Å²) in [7, 11) is 3.10. The zero-order valence-corrected chi connectivity index (χ0v) is 11.9. The molecule has 0 amide bonds. The van der Waals surface area contributed by atoms with E-state index in [-0.39, 0.29) is 0 Å². The third kappa shape index (κ3) is 1.77. The fourth-order valence-corrected chi connectivity index (χ4v) is 3.26. The van der Waals surface area contributed by atoms with Gasteiger partial charge in [-0.2, -0.15) is 0 Å². The van der Waals surface area contributed by atoms with Crippen LogP contribution in [0.3, 0.4) is 0 Å². The fourth-order valence-electron chi connectivity index (χ4n) is 2.39. The van der Waals surface area contributed by atoms with Crippen LogP contribution in [-0.2, 0) is 10.2 Å². The van der Waals surface area contributed by atoms with Crippen LogP contribution in [0.1, 0.15) is 24.8 Å². The number of methoxy groups -OCH3 is 2. The van der Waals surface area contributed by atoms with Gasteiger partial charge in [0.1, 0.15) is 0 Å². The number of rotatable bonds is 4. The Bertz CT molecular complexity index is 480. The molecule has 1 aliphatic carbocycles. The van der Waals surface area contributed by atoms with Crippen molar-refractivity contribution >= 4 is 21.9 Å². The van der Waals surface area contributed by atoms with Gasteiger partial charge in [0, 0.05) is 0 Å². The van der Waals surface area contributed by atoms with Crippen LogP contribution in [0, 0.1) is 0 Å². The van der Waals surface area contributed by atoms with Crippen molar-refractivity contribution in [2.75, 3.05) is 14.2 Å². The van der Waals surface area contributed by atoms with Gasteiger partial charge in [0.2, 0.25) is 0 Å². The molecule has 0 atom stereocenters. The second kappa shape index (κ2) is 4.80. The Hall–Kier alpha value is -1.23. The molecule has 2 rings (SSSR count). The third-order valence-electron chi connectivity index (χ3n) is 3.62. The highest BCUT2D eigenvalue weighted by atomic mass is 79.9. The van der Waals surface area contributed by atoms with E-state index in [2.05, 4.69) is 15.9 Å². The maximum absolute atomic E-state index is 11.5. The van der Waals surface area contributed by atoms with Crippen LogP contribution >= 0.6 is 15.9 Å². The van der Waals surface area contributed by atoms with Gasteiger partial charge in [0.25, 0.3) is 0 Å². The zero-order valence-electron chi connectivity index (χ0n) is 10.3. The lowest BCUT2D eigenvalue weighted by Gasteiger charge is -2.39. The molecule has 1 N–H and O–H groups in total. The standard InChI is InChI=1S/C13H15BrO4/c1-17-9-5-4-8(10(14)11(9)18-2)13(12(15)16)6-3-7-13/h4-5H,3,6-7H2,1-2H3,(H,15,16). The van der Waals surface area contributed by atoms with E-state index in [0.29, 0.717) is 28.8 Å². The molecule has 1 aromatic rings. The summed E-state index contributed by atoms with van der Waals surface area (Å²) in [5.74, 6) is 0.359. The smallest absolute Gasteiger partial charge is 0.314 e. The van der Waals surface area contributed by atoms with Gasteiger partial charge in [-0.15, -0.1) is 0 Å². The highest BCUT2D eigenvalue weighted by Gasteiger charge is 2.47. The summed E-state index contributed by atoms with van der Waals surface area (Å²) in [4.78, 5) is 11.5. The highest BCUT2D eigenvalue weighted by molar-refractivity contribution is 9.10. The van der Waals surface area contributed by atoms with Crippen LogP contribution in [-0.4, -0.2) is 25.3 Å². The van der Waals surface area contributed by atoms with E-state index in [9.17, 15) is 9.90 Å². The van der Waals surface area contributed by atoms with E-state index in [1.54, 1.807) is 26.4 Å². The predicted octanol–water partition coefficient (Wildman–Crippen LogP) is 2.97. The van der Waals surface area contributed by atoms with Crippen LogP contribution in [0.25, 0.3) is 0 Å². The van der Waals surface area contributed by atoms with Gasteiger partial charge in [-0.05, 0) is 40.4 Å². The first-order valence-electron chi connectivity index (χ1n) is 5.71. The molecule has 1 saturated carbocycles. The number of carboxylic acid groups (broad SMARTS) is 1. The van der Waals surface area contributed by atoms with Crippen LogP contribution < -0.4 is 9.47 Å². The van der Waals surface area contributed by atoms with Crippen molar-refractivity contribution in [3.8, 4) is 11.5 Å². The minimum atomic E-state index is -0.779. The van der Waals surface area contributed by atoms with Crippen LogP contribution in [0.4, 0.5) is 0 Å². The Labute approximate surface area is 114 Å². The molecular weight excluding hydrogens is 300 g/mol. The first-order valence-corrected chi connectivity index (χ1v) is 6.50. The summed E-state index contributed by atoms with van der Waals surface area (Å²) < 4.78 is 11.2. The van der Waals surface area contributed by atoms with Crippen LogP contribution in [0.5, 0.6) is 11.5 Å². The van der Waals surface area contributed by atoms with Gasteiger partial charge in [-0.1, -0.05) is 12.5 Å². The van der Waals surface area contributed by atoms with E-state index in [1.165, 1.54) is 0 Å². The van der Waals surface area contributed by atoms with Crippen molar-refractivity contribution < 1.29 is 19.4 Å². The van der Waals surface area contributed by atoms with E-state index in [4.69, 9.17) is 9.47 Å². The first-order chi connectivity index (χ1) is 8.56. The number of aliphatic carboxylic acids is 1. The van der Waals surface area contributed by atoms with Crippen molar-refractivity contribution in [2.24, 2.45) is 0 Å². The quantitative estimate of drug-likeness (QED) is 0.928. The Morgan fingerprint density at radius 3 is 2.39 bits per heavy atom. The number of benzene rings is 1. The number of hydrogen-bond donors (Lipinski definition) is 1. The molecule has 0 heterocycles. The molecule has 1 aromatic carbocycles. The lowest BCUT2D eigenvalue weighted by Crippen LogP contribution is -2.42. The Kier molecular flexibility index (Phi) is 3.52. The number of carbonyl (C=O) groups is 1. The van der Waals surface area contributed by atoms with Gasteiger partial charge in [-0.25, -0.2) is 0 Å². The Balaban J connectivity index is 2.55. The van der Waals surface area contributed by atoms with Crippen molar-refractivity contribution in [1.29, 1.82) is 0 Å². The van der Waals surface area contributed by atoms with Gasteiger partial charge >= 0.3 is 5.97 Å². The average Bonchev–Trinajstić information content (AvgIpc) is 2.28. The van der Waals surface area contributed by atoms with Crippen LogP contribution in [0.2, 0.25) is 0 Å². The molecular formula is C13H15BrO4. The molecule has 0 radical (unpaired) electrons. The molecule has 0 unspecified atom stereocenters. The summed E-state index contributed by atoms with van der Waals surface area (Å²) in [6, 6.07) is 3.56. The van der Waals surface area contributed by atoms with Crippen molar-refractivity contribution in [3.63, 3.8) is 0 Å². The number of carboxylic acids is 1. The number of halogens is 1. The molecule has 0 saturated heterocycles. The van der Waals surface area contributed by atoms with Gasteiger partial charge in [0.05, 0.1) is 24.1 Å². The summed E-state index contributed by atoms with van der Waals surface area (Å²) in [5.41, 5.74) is -0.0165. The minimum Gasteiger partial charge on any atom is -0.493 e. The molecule has 0 aromatic heterocycles. The molecule has 0 bridgehead atoms.